The summed E-state index contributed by atoms with van der Waals surface area (Å²) < 4.78 is 5.81. The molecular formula is C15H22N2O. The van der Waals surface area contributed by atoms with Crippen LogP contribution in [-0.2, 0) is 6.42 Å². The van der Waals surface area contributed by atoms with Crippen LogP contribution in [0.1, 0.15) is 43.4 Å². The number of nitrogens with one attached hydrogen (secondary N) is 1. The van der Waals surface area contributed by atoms with E-state index in [0.29, 0.717) is 5.92 Å². The standard InChI is InChI=1S/C15H22N2O/c1-10-4-2-6-12(10)14(17-16)13-7-3-5-11-8-9-18-15(11)13/h3,5,7,10,12,14,17H,2,4,6,8-9,16H2,1H3. The van der Waals surface area contributed by atoms with Crippen LogP contribution in [0.5, 0.6) is 5.75 Å². The lowest BCUT2D eigenvalue weighted by molar-refractivity contribution is 0.290. The van der Waals surface area contributed by atoms with Crippen molar-refractivity contribution in [2.75, 3.05) is 6.61 Å². The van der Waals surface area contributed by atoms with Crippen LogP contribution in [0.25, 0.3) is 0 Å². The number of hydrogen-bond donors (Lipinski definition) is 2. The molecule has 1 fully saturated rings. The van der Waals surface area contributed by atoms with Gasteiger partial charge in [-0.3, -0.25) is 11.3 Å². The first-order valence-corrected chi connectivity index (χ1v) is 7.02. The van der Waals surface area contributed by atoms with Crippen molar-refractivity contribution in [3.05, 3.63) is 29.3 Å². The van der Waals surface area contributed by atoms with Gasteiger partial charge in [0.15, 0.2) is 0 Å². The molecule has 1 aromatic carbocycles. The molecule has 1 aromatic rings. The van der Waals surface area contributed by atoms with Gasteiger partial charge in [-0.2, -0.15) is 0 Å². The molecule has 2 aliphatic rings. The van der Waals surface area contributed by atoms with Gasteiger partial charge >= 0.3 is 0 Å². The highest BCUT2D eigenvalue weighted by Crippen LogP contribution is 2.43. The molecule has 98 valence electrons. The zero-order valence-electron chi connectivity index (χ0n) is 11.0. The van der Waals surface area contributed by atoms with Gasteiger partial charge in [0.25, 0.3) is 0 Å². The van der Waals surface area contributed by atoms with E-state index in [0.717, 1.165) is 24.7 Å². The highest BCUT2D eigenvalue weighted by Gasteiger charge is 2.33. The highest BCUT2D eigenvalue weighted by molar-refractivity contribution is 5.46. The lowest BCUT2D eigenvalue weighted by Gasteiger charge is -2.27. The van der Waals surface area contributed by atoms with Crippen molar-refractivity contribution < 1.29 is 4.74 Å². The van der Waals surface area contributed by atoms with E-state index in [-0.39, 0.29) is 6.04 Å². The number of hydrazine groups is 1. The molecule has 1 heterocycles. The normalized spacial score (nSPS) is 27.9. The predicted octanol–water partition coefficient (Wildman–Crippen LogP) is 2.56. The maximum Gasteiger partial charge on any atom is 0.127 e. The molecule has 0 bridgehead atoms. The second kappa shape index (κ2) is 4.90. The fourth-order valence-electron chi connectivity index (χ4n) is 3.60. The smallest absolute Gasteiger partial charge is 0.127 e. The monoisotopic (exact) mass is 246 g/mol. The van der Waals surface area contributed by atoms with E-state index in [1.54, 1.807) is 0 Å². The van der Waals surface area contributed by atoms with Crippen molar-refractivity contribution in [2.45, 2.75) is 38.6 Å². The number of rotatable bonds is 3. The van der Waals surface area contributed by atoms with Crippen LogP contribution < -0.4 is 16.0 Å². The second-order valence-electron chi connectivity index (χ2n) is 5.65. The number of para-hydroxylation sites is 1. The largest absolute Gasteiger partial charge is 0.493 e. The number of ether oxygens (including phenoxy) is 1. The van der Waals surface area contributed by atoms with Crippen molar-refractivity contribution in [3.63, 3.8) is 0 Å². The number of benzene rings is 1. The van der Waals surface area contributed by atoms with Gasteiger partial charge in [0, 0.05) is 12.0 Å². The molecule has 3 N–H and O–H groups in total. The number of nitrogens with two attached hydrogens (primary N) is 1. The Labute approximate surface area is 109 Å². The summed E-state index contributed by atoms with van der Waals surface area (Å²) in [5.74, 6) is 8.29. The molecule has 1 aliphatic heterocycles. The molecule has 3 unspecified atom stereocenters. The maximum absolute atomic E-state index is 5.84. The topological polar surface area (TPSA) is 47.3 Å². The van der Waals surface area contributed by atoms with E-state index < -0.39 is 0 Å². The number of fused-ring (bicyclic) bond motifs is 1. The van der Waals surface area contributed by atoms with Gasteiger partial charge in [0.2, 0.25) is 0 Å². The molecule has 3 atom stereocenters. The molecule has 3 heteroatoms. The van der Waals surface area contributed by atoms with Gasteiger partial charge in [-0.15, -0.1) is 0 Å². The Morgan fingerprint density at radius 2 is 2.28 bits per heavy atom. The van der Waals surface area contributed by atoms with Crippen LogP contribution in [0.4, 0.5) is 0 Å². The summed E-state index contributed by atoms with van der Waals surface area (Å²) in [4.78, 5) is 0. The van der Waals surface area contributed by atoms with Crippen molar-refractivity contribution in [1.82, 2.24) is 5.43 Å². The SMILES string of the molecule is CC1CCCC1C(NN)c1cccc2c1OCC2. The van der Waals surface area contributed by atoms with Gasteiger partial charge in [0.05, 0.1) is 12.6 Å². The minimum absolute atomic E-state index is 0.232. The molecule has 0 spiro atoms. The molecule has 3 nitrogen and oxygen atoms in total. The van der Waals surface area contributed by atoms with Crippen LogP contribution in [0.15, 0.2) is 18.2 Å². The Morgan fingerprint density at radius 1 is 1.39 bits per heavy atom. The van der Waals surface area contributed by atoms with Gasteiger partial charge in [-0.05, 0) is 23.8 Å². The fraction of sp³-hybridized carbons (Fsp3) is 0.600. The van der Waals surface area contributed by atoms with E-state index in [9.17, 15) is 0 Å². The lowest BCUT2D eigenvalue weighted by Crippen LogP contribution is -2.34. The molecule has 0 saturated heterocycles. The summed E-state index contributed by atoms with van der Waals surface area (Å²) >= 11 is 0. The van der Waals surface area contributed by atoms with Gasteiger partial charge < -0.3 is 4.74 Å². The molecule has 18 heavy (non-hydrogen) atoms. The zero-order chi connectivity index (χ0) is 12.5. The quantitative estimate of drug-likeness (QED) is 0.636. The Morgan fingerprint density at radius 3 is 3.00 bits per heavy atom. The summed E-state index contributed by atoms with van der Waals surface area (Å²) in [6, 6.07) is 6.69. The van der Waals surface area contributed by atoms with Crippen LogP contribution in [0.2, 0.25) is 0 Å². The van der Waals surface area contributed by atoms with Crippen molar-refractivity contribution in [3.8, 4) is 5.75 Å². The van der Waals surface area contributed by atoms with Crippen LogP contribution >= 0.6 is 0 Å². The summed E-state index contributed by atoms with van der Waals surface area (Å²) in [7, 11) is 0. The predicted molar refractivity (Wildman–Crippen MR) is 72.2 cm³/mol. The van der Waals surface area contributed by atoms with E-state index in [2.05, 4.69) is 30.5 Å². The third-order valence-corrected chi connectivity index (χ3v) is 4.62. The lowest BCUT2D eigenvalue weighted by atomic mass is 9.85. The van der Waals surface area contributed by atoms with Gasteiger partial charge in [0.1, 0.15) is 5.75 Å². The average Bonchev–Trinajstić information content (AvgIpc) is 3.00. The maximum atomic E-state index is 5.84. The molecule has 0 aromatic heterocycles. The highest BCUT2D eigenvalue weighted by atomic mass is 16.5. The first kappa shape index (κ1) is 12.0. The molecule has 1 saturated carbocycles. The van der Waals surface area contributed by atoms with E-state index in [4.69, 9.17) is 10.6 Å². The van der Waals surface area contributed by atoms with Gasteiger partial charge in [-0.25, -0.2) is 0 Å². The third kappa shape index (κ3) is 1.91. The van der Waals surface area contributed by atoms with Crippen LogP contribution in [0.3, 0.4) is 0 Å². The Hall–Kier alpha value is -1.06. The summed E-state index contributed by atoms with van der Waals surface area (Å²) in [5.41, 5.74) is 5.63. The average molecular weight is 246 g/mol. The van der Waals surface area contributed by atoms with E-state index in [1.807, 2.05) is 0 Å². The second-order valence-corrected chi connectivity index (χ2v) is 5.65. The molecule has 0 amide bonds. The van der Waals surface area contributed by atoms with Crippen molar-refractivity contribution in [2.24, 2.45) is 17.7 Å². The van der Waals surface area contributed by atoms with Crippen molar-refractivity contribution in [1.29, 1.82) is 0 Å². The fourth-order valence-corrected chi connectivity index (χ4v) is 3.60. The first-order chi connectivity index (χ1) is 8.81. The van der Waals surface area contributed by atoms with Gasteiger partial charge in [-0.1, -0.05) is 38.0 Å². The molecule has 1 aliphatic carbocycles. The first-order valence-electron chi connectivity index (χ1n) is 7.02. The minimum atomic E-state index is 0.232. The third-order valence-electron chi connectivity index (χ3n) is 4.62. The molecule has 0 radical (unpaired) electrons. The molecular weight excluding hydrogens is 224 g/mol. The summed E-state index contributed by atoms with van der Waals surface area (Å²) in [5, 5.41) is 0. The minimum Gasteiger partial charge on any atom is -0.493 e. The Balaban J connectivity index is 1.94. The Kier molecular flexibility index (Phi) is 3.27. The Bertz CT molecular complexity index is 433. The summed E-state index contributed by atoms with van der Waals surface area (Å²) in [6.07, 6.45) is 4.93. The van der Waals surface area contributed by atoms with E-state index >= 15 is 0 Å². The summed E-state index contributed by atoms with van der Waals surface area (Å²) in [6.45, 7) is 3.15. The van der Waals surface area contributed by atoms with E-state index in [1.165, 1.54) is 30.4 Å². The number of hydrogen-bond acceptors (Lipinski definition) is 3. The van der Waals surface area contributed by atoms with Crippen LogP contribution in [0, 0.1) is 11.8 Å². The molecule has 3 rings (SSSR count). The van der Waals surface area contributed by atoms with Crippen LogP contribution in [-0.4, -0.2) is 6.61 Å². The van der Waals surface area contributed by atoms with Crippen molar-refractivity contribution >= 4 is 0 Å². The zero-order valence-corrected chi connectivity index (χ0v) is 11.0.